The third kappa shape index (κ3) is 2.50. The lowest BCUT2D eigenvalue weighted by molar-refractivity contribution is 0.625. The van der Waals surface area contributed by atoms with Gasteiger partial charge in [0.15, 0.2) is 5.82 Å². The van der Waals surface area contributed by atoms with Crippen molar-refractivity contribution in [2.24, 2.45) is 5.92 Å². The first kappa shape index (κ1) is 13.0. The normalized spacial score (nSPS) is 22.2. The maximum Gasteiger partial charge on any atom is 0.161 e. The van der Waals surface area contributed by atoms with Gasteiger partial charge < -0.3 is 4.90 Å². The van der Waals surface area contributed by atoms with E-state index >= 15 is 0 Å². The van der Waals surface area contributed by atoms with Crippen LogP contribution in [0.5, 0.6) is 0 Å². The Morgan fingerprint density at radius 2 is 1.90 bits per heavy atom. The Morgan fingerprint density at radius 1 is 1.15 bits per heavy atom. The SMILES string of the molecule is Cc1cc(N2C[C@H](C)C[C@@H]2C)nc(-c2ccncc2)n1. The van der Waals surface area contributed by atoms with Gasteiger partial charge in [-0.05, 0) is 38.3 Å². The van der Waals surface area contributed by atoms with E-state index in [0.29, 0.717) is 6.04 Å². The van der Waals surface area contributed by atoms with E-state index in [4.69, 9.17) is 4.98 Å². The summed E-state index contributed by atoms with van der Waals surface area (Å²) in [4.78, 5) is 15.8. The zero-order chi connectivity index (χ0) is 14.1. The zero-order valence-corrected chi connectivity index (χ0v) is 12.2. The van der Waals surface area contributed by atoms with Crippen LogP contribution in [0.4, 0.5) is 5.82 Å². The summed E-state index contributed by atoms with van der Waals surface area (Å²) in [5.41, 5.74) is 2.03. The van der Waals surface area contributed by atoms with Crippen LogP contribution < -0.4 is 4.90 Å². The second-order valence-corrected chi connectivity index (χ2v) is 5.77. The first-order valence-electron chi connectivity index (χ1n) is 7.16. The van der Waals surface area contributed by atoms with Crippen molar-refractivity contribution in [2.75, 3.05) is 11.4 Å². The quantitative estimate of drug-likeness (QED) is 0.839. The topological polar surface area (TPSA) is 41.9 Å². The Labute approximate surface area is 119 Å². The summed E-state index contributed by atoms with van der Waals surface area (Å²) >= 11 is 0. The highest BCUT2D eigenvalue weighted by Gasteiger charge is 2.27. The largest absolute Gasteiger partial charge is 0.354 e. The molecule has 0 spiro atoms. The summed E-state index contributed by atoms with van der Waals surface area (Å²) in [6, 6.07) is 6.53. The van der Waals surface area contributed by atoms with Crippen LogP contribution >= 0.6 is 0 Å². The van der Waals surface area contributed by atoms with Gasteiger partial charge in [-0.1, -0.05) is 6.92 Å². The second-order valence-electron chi connectivity index (χ2n) is 5.77. The molecule has 1 fully saturated rings. The lowest BCUT2D eigenvalue weighted by Gasteiger charge is -2.23. The molecule has 0 amide bonds. The molecule has 3 rings (SSSR count). The lowest BCUT2D eigenvalue weighted by atomic mass is 10.1. The fourth-order valence-corrected chi connectivity index (χ4v) is 2.95. The van der Waals surface area contributed by atoms with Gasteiger partial charge in [-0.25, -0.2) is 9.97 Å². The van der Waals surface area contributed by atoms with Crippen molar-refractivity contribution in [2.45, 2.75) is 33.2 Å². The predicted molar refractivity (Wildman–Crippen MR) is 80.6 cm³/mol. The van der Waals surface area contributed by atoms with Gasteiger partial charge in [0.1, 0.15) is 5.82 Å². The lowest BCUT2D eigenvalue weighted by Crippen LogP contribution is -2.27. The van der Waals surface area contributed by atoms with Crippen LogP contribution in [0.15, 0.2) is 30.6 Å². The summed E-state index contributed by atoms with van der Waals surface area (Å²) in [6.45, 7) is 7.68. The van der Waals surface area contributed by atoms with E-state index in [2.05, 4.69) is 34.8 Å². The van der Waals surface area contributed by atoms with E-state index < -0.39 is 0 Å². The number of pyridine rings is 1. The maximum atomic E-state index is 4.76. The molecule has 1 aliphatic rings. The van der Waals surface area contributed by atoms with Crippen LogP contribution in [0.3, 0.4) is 0 Å². The minimum Gasteiger partial charge on any atom is -0.354 e. The molecule has 2 atom stereocenters. The molecule has 2 aromatic heterocycles. The van der Waals surface area contributed by atoms with Gasteiger partial charge >= 0.3 is 0 Å². The molecular weight excluding hydrogens is 248 g/mol. The minimum absolute atomic E-state index is 0.546. The summed E-state index contributed by atoms with van der Waals surface area (Å²) in [5.74, 6) is 2.56. The smallest absolute Gasteiger partial charge is 0.161 e. The predicted octanol–water partition coefficient (Wildman–Crippen LogP) is 3.08. The molecule has 4 nitrogen and oxygen atoms in total. The molecule has 3 heterocycles. The van der Waals surface area contributed by atoms with Crippen LogP contribution in [-0.2, 0) is 0 Å². The van der Waals surface area contributed by atoms with Crippen molar-refractivity contribution in [3.63, 3.8) is 0 Å². The molecule has 1 aliphatic heterocycles. The molecule has 0 radical (unpaired) electrons. The number of rotatable bonds is 2. The zero-order valence-electron chi connectivity index (χ0n) is 12.2. The van der Waals surface area contributed by atoms with Crippen molar-refractivity contribution in [3.05, 3.63) is 36.3 Å². The Balaban J connectivity index is 1.99. The standard InChI is InChI=1S/C16H20N4/c1-11-8-13(3)20(10-11)15-9-12(2)18-16(19-15)14-4-6-17-7-5-14/h4-7,9,11,13H,8,10H2,1-3H3/t11-,13+/m1/s1. The summed E-state index contributed by atoms with van der Waals surface area (Å²) in [7, 11) is 0. The van der Waals surface area contributed by atoms with E-state index in [9.17, 15) is 0 Å². The number of aromatic nitrogens is 3. The van der Waals surface area contributed by atoms with Gasteiger partial charge in [-0.3, -0.25) is 4.98 Å². The molecule has 0 aromatic carbocycles. The van der Waals surface area contributed by atoms with Crippen molar-refractivity contribution in [3.8, 4) is 11.4 Å². The van der Waals surface area contributed by atoms with Crippen LogP contribution in [0, 0.1) is 12.8 Å². The number of aryl methyl sites for hydroxylation is 1. The number of nitrogens with zero attached hydrogens (tertiary/aromatic N) is 4. The number of hydrogen-bond donors (Lipinski definition) is 0. The highest BCUT2D eigenvalue weighted by atomic mass is 15.2. The molecule has 0 aliphatic carbocycles. The molecule has 0 saturated carbocycles. The summed E-state index contributed by atoms with van der Waals surface area (Å²) in [5, 5.41) is 0. The Kier molecular flexibility index (Phi) is 3.38. The highest BCUT2D eigenvalue weighted by molar-refractivity contribution is 5.57. The first-order chi connectivity index (χ1) is 9.63. The first-order valence-corrected chi connectivity index (χ1v) is 7.16. The number of anilines is 1. The van der Waals surface area contributed by atoms with Gasteiger partial charge in [-0.15, -0.1) is 0 Å². The van der Waals surface area contributed by atoms with E-state index in [0.717, 1.165) is 35.4 Å². The van der Waals surface area contributed by atoms with Crippen molar-refractivity contribution >= 4 is 5.82 Å². The molecule has 0 unspecified atom stereocenters. The molecule has 104 valence electrons. The second kappa shape index (κ2) is 5.19. The monoisotopic (exact) mass is 268 g/mol. The van der Waals surface area contributed by atoms with Crippen molar-refractivity contribution < 1.29 is 0 Å². The third-order valence-electron chi connectivity index (χ3n) is 3.86. The Hall–Kier alpha value is -1.97. The third-order valence-corrected chi connectivity index (χ3v) is 3.86. The molecule has 1 saturated heterocycles. The van der Waals surface area contributed by atoms with Gasteiger partial charge in [0, 0.05) is 42.3 Å². The van der Waals surface area contributed by atoms with Gasteiger partial charge in [0.25, 0.3) is 0 Å². The summed E-state index contributed by atoms with van der Waals surface area (Å²) < 4.78 is 0. The number of hydrogen-bond acceptors (Lipinski definition) is 4. The van der Waals surface area contributed by atoms with Crippen LogP contribution in [0.25, 0.3) is 11.4 Å². The fourth-order valence-electron chi connectivity index (χ4n) is 2.95. The Morgan fingerprint density at radius 3 is 2.55 bits per heavy atom. The molecule has 20 heavy (non-hydrogen) atoms. The van der Waals surface area contributed by atoms with Gasteiger partial charge in [-0.2, -0.15) is 0 Å². The molecule has 2 aromatic rings. The van der Waals surface area contributed by atoms with E-state index in [1.54, 1.807) is 12.4 Å². The van der Waals surface area contributed by atoms with Crippen LogP contribution in [-0.4, -0.2) is 27.5 Å². The minimum atomic E-state index is 0.546. The van der Waals surface area contributed by atoms with E-state index in [1.807, 2.05) is 19.1 Å². The average molecular weight is 268 g/mol. The van der Waals surface area contributed by atoms with Crippen LogP contribution in [0.1, 0.15) is 26.0 Å². The van der Waals surface area contributed by atoms with Crippen molar-refractivity contribution in [1.29, 1.82) is 0 Å². The fraction of sp³-hybridized carbons (Fsp3) is 0.438. The van der Waals surface area contributed by atoms with Gasteiger partial charge in [0.05, 0.1) is 0 Å². The molecule has 4 heteroatoms. The Bertz CT molecular complexity index is 597. The van der Waals surface area contributed by atoms with Crippen LogP contribution in [0.2, 0.25) is 0 Å². The molecule has 0 N–H and O–H groups in total. The molecular formula is C16H20N4. The average Bonchev–Trinajstić information content (AvgIpc) is 2.78. The highest BCUT2D eigenvalue weighted by Crippen LogP contribution is 2.29. The van der Waals surface area contributed by atoms with Crippen molar-refractivity contribution in [1.82, 2.24) is 15.0 Å². The maximum absolute atomic E-state index is 4.76. The summed E-state index contributed by atoms with van der Waals surface area (Å²) in [6.07, 6.45) is 4.79. The van der Waals surface area contributed by atoms with Gasteiger partial charge in [0.2, 0.25) is 0 Å². The van der Waals surface area contributed by atoms with E-state index in [1.165, 1.54) is 6.42 Å². The molecule has 0 bridgehead atoms. The van der Waals surface area contributed by atoms with E-state index in [-0.39, 0.29) is 0 Å².